The highest BCUT2D eigenvalue weighted by atomic mass is 35.5. The van der Waals surface area contributed by atoms with Crippen LogP contribution in [0.15, 0.2) is 23.8 Å². The van der Waals surface area contributed by atoms with Crippen molar-refractivity contribution in [2.24, 2.45) is 5.41 Å². The number of hydrogen-bond acceptors (Lipinski definition) is 1. The van der Waals surface area contributed by atoms with Crippen LogP contribution in [0.25, 0.3) is 0 Å². The van der Waals surface area contributed by atoms with Gasteiger partial charge in [-0.15, -0.1) is 0 Å². The molecule has 0 aromatic rings. The molecule has 0 saturated heterocycles. The number of halogens is 1. The summed E-state index contributed by atoms with van der Waals surface area (Å²) in [7, 11) is 0. The number of allylic oxidation sites excluding steroid dienone is 4. The van der Waals surface area contributed by atoms with Gasteiger partial charge >= 0.3 is 0 Å². The van der Waals surface area contributed by atoms with E-state index in [-0.39, 0.29) is 5.24 Å². The highest BCUT2D eigenvalue weighted by molar-refractivity contribution is 6.65. The molecule has 1 aliphatic carbocycles. The standard InChI is InChI=1S/C10H13ClO/c1-10(2,9(11)12)8-6-4-3-5-7-8/h4,6-7H,3,5H2,1-2H3. The second kappa shape index (κ2) is 3.44. The Bertz CT molecular complexity index is 249. The quantitative estimate of drug-likeness (QED) is 0.603. The Kier molecular flexibility index (Phi) is 2.73. The van der Waals surface area contributed by atoms with Gasteiger partial charge in [0.1, 0.15) is 0 Å². The van der Waals surface area contributed by atoms with E-state index in [4.69, 9.17) is 11.6 Å². The van der Waals surface area contributed by atoms with Crippen LogP contribution in [0, 0.1) is 5.41 Å². The maximum atomic E-state index is 11.1. The second-order valence-electron chi connectivity index (χ2n) is 3.54. The van der Waals surface area contributed by atoms with E-state index in [0.717, 1.165) is 18.4 Å². The van der Waals surface area contributed by atoms with E-state index < -0.39 is 5.41 Å². The van der Waals surface area contributed by atoms with Crippen molar-refractivity contribution < 1.29 is 4.79 Å². The molecule has 0 heterocycles. The highest BCUT2D eigenvalue weighted by Crippen LogP contribution is 2.32. The van der Waals surface area contributed by atoms with Gasteiger partial charge in [0.2, 0.25) is 5.24 Å². The van der Waals surface area contributed by atoms with Crippen LogP contribution in [0.1, 0.15) is 26.7 Å². The van der Waals surface area contributed by atoms with Crippen LogP contribution in [-0.4, -0.2) is 5.24 Å². The molecule has 1 aliphatic rings. The van der Waals surface area contributed by atoms with Crippen molar-refractivity contribution in [3.8, 4) is 0 Å². The third kappa shape index (κ3) is 1.78. The van der Waals surface area contributed by atoms with Crippen LogP contribution in [0.5, 0.6) is 0 Å². The van der Waals surface area contributed by atoms with Gasteiger partial charge in [0.15, 0.2) is 0 Å². The maximum Gasteiger partial charge on any atom is 0.231 e. The Labute approximate surface area is 78.1 Å². The topological polar surface area (TPSA) is 17.1 Å². The first-order valence-electron chi connectivity index (χ1n) is 4.12. The van der Waals surface area contributed by atoms with E-state index in [0.29, 0.717) is 0 Å². The van der Waals surface area contributed by atoms with Gasteiger partial charge in [-0.05, 0) is 43.9 Å². The number of carbonyl (C=O) groups is 1. The average molecular weight is 185 g/mol. The molecule has 0 N–H and O–H groups in total. The predicted molar refractivity (Wildman–Crippen MR) is 51.1 cm³/mol. The van der Waals surface area contributed by atoms with Crippen molar-refractivity contribution >= 4 is 16.8 Å². The van der Waals surface area contributed by atoms with Crippen LogP contribution >= 0.6 is 11.6 Å². The Morgan fingerprint density at radius 1 is 1.50 bits per heavy atom. The van der Waals surface area contributed by atoms with Crippen molar-refractivity contribution in [3.05, 3.63) is 23.8 Å². The molecule has 1 nitrogen and oxygen atoms in total. The first-order valence-corrected chi connectivity index (χ1v) is 4.50. The molecule has 0 aromatic heterocycles. The van der Waals surface area contributed by atoms with Crippen LogP contribution in [0.2, 0.25) is 0 Å². The smallest absolute Gasteiger partial charge is 0.231 e. The summed E-state index contributed by atoms with van der Waals surface area (Å²) in [6, 6.07) is 0. The summed E-state index contributed by atoms with van der Waals surface area (Å²) >= 11 is 5.49. The normalized spacial score (nSPS) is 17.4. The molecular weight excluding hydrogens is 172 g/mol. The van der Waals surface area contributed by atoms with Crippen molar-refractivity contribution in [3.63, 3.8) is 0 Å². The summed E-state index contributed by atoms with van der Waals surface area (Å²) in [6.45, 7) is 3.70. The molecule has 1 rings (SSSR count). The summed E-state index contributed by atoms with van der Waals surface area (Å²) in [5.74, 6) is 0. The van der Waals surface area contributed by atoms with Gasteiger partial charge < -0.3 is 0 Å². The summed E-state index contributed by atoms with van der Waals surface area (Å²) in [5, 5.41) is -0.291. The Morgan fingerprint density at radius 2 is 2.17 bits per heavy atom. The zero-order chi connectivity index (χ0) is 9.19. The minimum absolute atomic E-state index is 0.291. The number of rotatable bonds is 2. The molecule has 0 bridgehead atoms. The first-order chi connectivity index (χ1) is 5.55. The van der Waals surface area contributed by atoms with Gasteiger partial charge in [-0.2, -0.15) is 0 Å². The fourth-order valence-electron chi connectivity index (χ4n) is 1.19. The van der Waals surface area contributed by atoms with Crippen LogP contribution in [-0.2, 0) is 4.79 Å². The van der Waals surface area contributed by atoms with Crippen molar-refractivity contribution in [1.82, 2.24) is 0 Å². The minimum Gasteiger partial charge on any atom is -0.280 e. The van der Waals surface area contributed by atoms with Crippen LogP contribution in [0.4, 0.5) is 0 Å². The molecular formula is C10H13ClO. The fraction of sp³-hybridized carbons (Fsp3) is 0.500. The molecule has 12 heavy (non-hydrogen) atoms. The lowest BCUT2D eigenvalue weighted by atomic mass is 9.83. The largest absolute Gasteiger partial charge is 0.280 e. The van der Waals surface area contributed by atoms with Gasteiger partial charge in [0.05, 0.1) is 5.41 Å². The lowest BCUT2D eigenvalue weighted by Crippen LogP contribution is -2.21. The van der Waals surface area contributed by atoms with E-state index >= 15 is 0 Å². The van der Waals surface area contributed by atoms with E-state index in [9.17, 15) is 4.79 Å². The van der Waals surface area contributed by atoms with E-state index in [1.165, 1.54) is 0 Å². The van der Waals surface area contributed by atoms with E-state index in [2.05, 4.69) is 12.2 Å². The lowest BCUT2D eigenvalue weighted by Gasteiger charge is -2.22. The molecule has 0 saturated carbocycles. The molecule has 0 radical (unpaired) electrons. The Morgan fingerprint density at radius 3 is 2.58 bits per heavy atom. The fourth-order valence-corrected chi connectivity index (χ4v) is 1.30. The third-order valence-electron chi connectivity index (χ3n) is 2.21. The van der Waals surface area contributed by atoms with Gasteiger partial charge in [0.25, 0.3) is 0 Å². The minimum atomic E-state index is -0.529. The Balaban J connectivity index is 2.88. The average Bonchev–Trinajstić information content (AvgIpc) is 2.06. The van der Waals surface area contributed by atoms with Crippen molar-refractivity contribution in [2.75, 3.05) is 0 Å². The van der Waals surface area contributed by atoms with Crippen LogP contribution < -0.4 is 0 Å². The molecule has 0 aliphatic heterocycles. The van der Waals surface area contributed by atoms with E-state index in [1.807, 2.05) is 19.9 Å². The van der Waals surface area contributed by atoms with E-state index in [1.54, 1.807) is 0 Å². The van der Waals surface area contributed by atoms with Crippen LogP contribution in [0.3, 0.4) is 0 Å². The first kappa shape index (κ1) is 9.53. The summed E-state index contributed by atoms with van der Waals surface area (Å²) in [4.78, 5) is 11.1. The summed E-state index contributed by atoms with van der Waals surface area (Å²) in [6.07, 6.45) is 8.23. The molecule has 0 aromatic carbocycles. The van der Waals surface area contributed by atoms with Crippen molar-refractivity contribution in [1.29, 1.82) is 0 Å². The van der Waals surface area contributed by atoms with Gasteiger partial charge in [0, 0.05) is 0 Å². The molecule has 66 valence electrons. The zero-order valence-electron chi connectivity index (χ0n) is 7.43. The third-order valence-corrected chi connectivity index (χ3v) is 2.68. The van der Waals surface area contributed by atoms with Gasteiger partial charge in [-0.25, -0.2) is 0 Å². The molecule has 0 amide bonds. The summed E-state index contributed by atoms with van der Waals surface area (Å²) in [5.41, 5.74) is 0.507. The number of carbonyl (C=O) groups excluding carboxylic acids is 1. The Hall–Kier alpha value is -0.560. The molecule has 0 unspecified atom stereocenters. The number of hydrogen-bond donors (Lipinski definition) is 0. The molecule has 2 heteroatoms. The highest BCUT2D eigenvalue weighted by Gasteiger charge is 2.29. The lowest BCUT2D eigenvalue weighted by molar-refractivity contribution is -0.117. The van der Waals surface area contributed by atoms with Gasteiger partial charge in [-0.1, -0.05) is 18.2 Å². The zero-order valence-corrected chi connectivity index (χ0v) is 8.19. The second-order valence-corrected chi connectivity index (χ2v) is 3.88. The predicted octanol–water partition coefficient (Wildman–Crippen LogP) is 3.05. The van der Waals surface area contributed by atoms with Crippen molar-refractivity contribution in [2.45, 2.75) is 26.7 Å². The molecule has 0 spiro atoms. The monoisotopic (exact) mass is 184 g/mol. The molecule has 0 atom stereocenters. The SMILES string of the molecule is CC(C)(C(=O)Cl)C1=CCCC=C1. The van der Waals surface area contributed by atoms with Gasteiger partial charge in [-0.3, -0.25) is 4.79 Å². The molecule has 0 fully saturated rings. The summed E-state index contributed by atoms with van der Waals surface area (Å²) < 4.78 is 0. The maximum absolute atomic E-state index is 11.1.